The van der Waals surface area contributed by atoms with E-state index >= 15 is 0 Å². The highest BCUT2D eigenvalue weighted by Gasteiger charge is 2.34. The summed E-state index contributed by atoms with van der Waals surface area (Å²) in [6.07, 6.45) is -3.48. The first-order valence-electron chi connectivity index (χ1n) is 9.19. The lowest BCUT2D eigenvalue weighted by Gasteiger charge is -2.34. The zero-order valence-corrected chi connectivity index (χ0v) is 17.0. The van der Waals surface area contributed by atoms with Gasteiger partial charge in [-0.05, 0) is 61.7 Å². The Hall–Kier alpha value is -2.26. The SMILES string of the molecule is COc1ccc(N2CCC(NS(=O)(=O)c3ccc(C)c(C(F)(F)F)c3)CC2)cc1. The van der Waals surface area contributed by atoms with E-state index in [-0.39, 0.29) is 16.5 Å². The quantitative estimate of drug-likeness (QED) is 0.783. The number of alkyl halides is 3. The van der Waals surface area contributed by atoms with E-state index in [1.165, 1.54) is 19.1 Å². The molecule has 0 spiro atoms. The predicted molar refractivity (Wildman–Crippen MR) is 105 cm³/mol. The van der Waals surface area contributed by atoms with E-state index in [2.05, 4.69) is 9.62 Å². The van der Waals surface area contributed by atoms with Crippen molar-refractivity contribution in [1.82, 2.24) is 4.72 Å². The lowest BCUT2D eigenvalue weighted by Crippen LogP contribution is -2.44. The molecule has 3 rings (SSSR count). The summed E-state index contributed by atoms with van der Waals surface area (Å²) >= 11 is 0. The van der Waals surface area contributed by atoms with Crippen LogP contribution in [0.3, 0.4) is 0 Å². The van der Waals surface area contributed by atoms with Crippen LogP contribution >= 0.6 is 0 Å². The van der Waals surface area contributed by atoms with Crippen LogP contribution in [-0.4, -0.2) is 34.7 Å². The van der Waals surface area contributed by atoms with E-state index in [4.69, 9.17) is 4.74 Å². The van der Waals surface area contributed by atoms with Crippen molar-refractivity contribution >= 4 is 15.7 Å². The molecule has 1 fully saturated rings. The number of ether oxygens (including phenoxy) is 1. The Morgan fingerprint density at radius 3 is 2.24 bits per heavy atom. The number of aryl methyl sites for hydroxylation is 1. The largest absolute Gasteiger partial charge is 0.497 e. The number of rotatable bonds is 5. The van der Waals surface area contributed by atoms with Crippen LogP contribution in [0.2, 0.25) is 0 Å². The van der Waals surface area contributed by atoms with Crippen LogP contribution in [0.4, 0.5) is 18.9 Å². The highest BCUT2D eigenvalue weighted by atomic mass is 32.2. The van der Waals surface area contributed by atoms with Gasteiger partial charge in [0.05, 0.1) is 17.6 Å². The normalized spacial score (nSPS) is 16.1. The van der Waals surface area contributed by atoms with Crippen molar-refractivity contribution in [2.45, 2.75) is 36.9 Å². The number of nitrogens with one attached hydrogen (secondary N) is 1. The third-order valence-electron chi connectivity index (χ3n) is 5.08. The van der Waals surface area contributed by atoms with Gasteiger partial charge in [-0.3, -0.25) is 0 Å². The molecule has 9 heteroatoms. The average molecular weight is 428 g/mol. The van der Waals surface area contributed by atoms with Crippen LogP contribution in [0, 0.1) is 6.92 Å². The Morgan fingerprint density at radius 1 is 1.07 bits per heavy atom. The fourth-order valence-corrected chi connectivity index (χ4v) is 4.74. The number of halogens is 3. The monoisotopic (exact) mass is 428 g/mol. The van der Waals surface area contributed by atoms with E-state index in [1.54, 1.807) is 7.11 Å². The second-order valence-electron chi connectivity index (χ2n) is 7.06. The Kier molecular flexibility index (Phi) is 6.09. The molecule has 1 saturated heterocycles. The van der Waals surface area contributed by atoms with Crippen molar-refractivity contribution in [1.29, 1.82) is 0 Å². The van der Waals surface area contributed by atoms with Crippen LogP contribution in [-0.2, 0) is 16.2 Å². The molecule has 0 atom stereocenters. The number of methoxy groups -OCH3 is 1. The molecule has 5 nitrogen and oxygen atoms in total. The zero-order chi connectivity index (χ0) is 21.2. The minimum Gasteiger partial charge on any atom is -0.497 e. The van der Waals surface area contributed by atoms with Crippen molar-refractivity contribution < 1.29 is 26.3 Å². The summed E-state index contributed by atoms with van der Waals surface area (Å²) in [6.45, 7) is 2.59. The molecular weight excluding hydrogens is 405 g/mol. The number of anilines is 1. The van der Waals surface area contributed by atoms with Crippen LogP contribution in [0.15, 0.2) is 47.4 Å². The maximum atomic E-state index is 13.1. The van der Waals surface area contributed by atoms with Crippen LogP contribution < -0.4 is 14.4 Å². The van der Waals surface area contributed by atoms with Gasteiger partial charge in [0.15, 0.2) is 0 Å². The highest BCUT2D eigenvalue weighted by Crippen LogP contribution is 2.33. The summed E-state index contributed by atoms with van der Waals surface area (Å²) in [5.74, 6) is 0.757. The third-order valence-corrected chi connectivity index (χ3v) is 6.60. The van der Waals surface area contributed by atoms with Gasteiger partial charge in [-0.25, -0.2) is 13.1 Å². The molecule has 1 heterocycles. The minimum atomic E-state index is -4.60. The number of sulfonamides is 1. The molecule has 1 aliphatic heterocycles. The van der Waals surface area contributed by atoms with Gasteiger partial charge in [0.1, 0.15) is 5.75 Å². The van der Waals surface area contributed by atoms with E-state index in [0.29, 0.717) is 32.0 Å². The number of hydrogen-bond acceptors (Lipinski definition) is 4. The molecule has 2 aromatic carbocycles. The fraction of sp³-hybridized carbons (Fsp3) is 0.400. The molecule has 1 aliphatic rings. The molecule has 0 aromatic heterocycles. The zero-order valence-electron chi connectivity index (χ0n) is 16.2. The first kappa shape index (κ1) is 21.4. The number of hydrogen-bond donors (Lipinski definition) is 1. The molecular formula is C20H23F3N2O3S. The van der Waals surface area contributed by atoms with Gasteiger partial charge >= 0.3 is 6.18 Å². The van der Waals surface area contributed by atoms with E-state index in [1.807, 2.05) is 24.3 Å². The maximum Gasteiger partial charge on any atom is 0.416 e. The second-order valence-corrected chi connectivity index (χ2v) is 8.77. The molecule has 2 aromatic rings. The standard InChI is InChI=1S/C20H23F3N2O3S/c1-14-3-8-18(13-19(14)20(21,22)23)29(26,27)24-15-9-11-25(12-10-15)16-4-6-17(28-2)7-5-16/h3-8,13,15,24H,9-12H2,1-2H3. The van der Waals surface area contributed by atoms with Crippen LogP contribution in [0.1, 0.15) is 24.0 Å². The van der Waals surface area contributed by atoms with Gasteiger partial charge in [-0.2, -0.15) is 13.2 Å². The summed E-state index contributed by atoms with van der Waals surface area (Å²) in [5.41, 5.74) is 0.0689. The van der Waals surface area contributed by atoms with E-state index in [9.17, 15) is 21.6 Å². The molecule has 0 radical (unpaired) electrons. The smallest absolute Gasteiger partial charge is 0.416 e. The number of nitrogens with zero attached hydrogens (tertiary/aromatic N) is 1. The topological polar surface area (TPSA) is 58.6 Å². The Balaban J connectivity index is 1.66. The Labute approximate surface area is 168 Å². The summed E-state index contributed by atoms with van der Waals surface area (Å²) in [5, 5.41) is 0. The Morgan fingerprint density at radius 2 is 1.69 bits per heavy atom. The van der Waals surface area contributed by atoms with Crippen molar-refractivity contribution in [3.8, 4) is 5.75 Å². The van der Waals surface area contributed by atoms with Crippen molar-refractivity contribution in [3.05, 3.63) is 53.6 Å². The van der Waals surface area contributed by atoms with Crippen molar-refractivity contribution in [2.75, 3.05) is 25.1 Å². The molecule has 0 aliphatic carbocycles. The summed E-state index contributed by atoms with van der Waals surface area (Å²) in [6, 6.07) is 10.4. The first-order chi connectivity index (χ1) is 13.6. The lowest BCUT2D eigenvalue weighted by molar-refractivity contribution is -0.138. The molecule has 0 unspecified atom stereocenters. The molecule has 1 N–H and O–H groups in total. The van der Waals surface area contributed by atoms with Crippen molar-refractivity contribution in [3.63, 3.8) is 0 Å². The molecule has 0 saturated carbocycles. The fourth-order valence-electron chi connectivity index (χ4n) is 3.41. The van der Waals surface area contributed by atoms with Crippen molar-refractivity contribution in [2.24, 2.45) is 0 Å². The number of piperidine rings is 1. The van der Waals surface area contributed by atoms with Crippen LogP contribution in [0.25, 0.3) is 0 Å². The molecule has 158 valence electrons. The van der Waals surface area contributed by atoms with E-state index < -0.39 is 21.8 Å². The molecule has 29 heavy (non-hydrogen) atoms. The highest BCUT2D eigenvalue weighted by molar-refractivity contribution is 7.89. The molecule has 0 bridgehead atoms. The van der Waals surface area contributed by atoms with Gasteiger partial charge in [-0.15, -0.1) is 0 Å². The number of benzene rings is 2. The van der Waals surface area contributed by atoms with Crippen LogP contribution in [0.5, 0.6) is 5.75 Å². The Bertz CT molecular complexity index is 952. The van der Waals surface area contributed by atoms with Gasteiger partial charge in [0.25, 0.3) is 0 Å². The minimum absolute atomic E-state index is 0.00995. The first-order valence-corrected chi connectivity index (χ1v) is 10.7. The van der Waals surface area contributed by atoms with E-state index in [0.717, 1.165) is 11.4 Å². The average Bonchev–Trinajstić information content (AvgIpc) is 2.67. The predicted octanol–water partition coefficient (Wildman–Crippen LogP) is 3.97. The summed E-state index contributed by atoms with van der Waals surface area (Å²) < 4.78 is 72.2. The third kappa shape index (κ3) is 5.02. The lowest BCUT2D eigenvalue weighted by atomic mass is 10.1. The van der Waals surface area contributed by atoms with Gasteiger partial charge in [0.2, 0.25) is 10.0 Å². The summed E-state index contributed by atoms with van der Waals surface area (Å²) in [4.78, 5) is 1.77. The summed E-state index contributed by atoms with van der Waals surface area (Å²) in [7, 11) is -2.44. The molecule has 0 amide bonds. The maximum absolute atomic E-state index is 13.1. The van der Waals surface area contributed by atoms with Gasteiger partial charge < -0.3 is 9.64 Å². The van der Waals surface area contributed by atoms with Gasteiger partial charge in [-0.1, -0.05) is 6.07 Å². The second kappa shape index (κ2) is 8.23. The van der Waals surface area contributed by atoms with Gasteiger partial charge in [0, 0.05) is 24.8 Å².